The molecule has 3 rings (SSSR count). The topological polar surface area (TPSA) is 56.7 Å². The number of oxazole rings is 1. The lowest BCUT2D eigenvalue weighted by Crippen LogP contribution is -2.00. The first-order chi connectivity index (χ1) is 9.74. The van der Waals surface area contributed by atoms with E-state index in [0.717, 1.165) is 0 Å². The van der Waals surface area contributed by atoms with Crippen LogP contribution in [-0.4, -0.2) is 20.0 Å². The van der Waals surface area contributed by atoms with Gasteiger partial charge < -0.3 is 4.42 Å². The molecule has 0 aliphatic carbocycles. The summed E-state index contributed by atoms with van der Waals surface area (Å²) in [5, 5.41) is 7.80. The molecule has 0 unspecified atom stereocenters. The van der Waals surface area contributed by atoms with Crippen LogP contribution < -0.4 is 0 Å². The Kier molecular flexibility index (Phi) is 3.47. The summed E-state index contributed by atoms with van der Waals surface area (Å²) >= 11 is 5.66. The van der Waals surface area contributed by atoms with E-state index in [0.29, 0.717) is 35.3 Å². The number of nitrogens with zero attached hydrogens (tertiary/aromatic N) is 4. The van der Waals surface area contributed by atoms with Crippen molar-refractivity contribution in [2.75, 3.05) is 0 Å². The Balaban J connectivity index is 1.80. The summed E-state index contributed by atoms with van der Waals surface area (Å²) in [6, 6.07) is 6.09. The maximum Gasteiger partial charge on any atom is 0.226 e. The van der Waals surface area contributed by atoms with Gasteiger partial charge in [-0.3, -0.25) is 0 Å². The minimum atomic E-state index is -0.328. The highest BCUT2D eigenvalue weighted by molar-refractivity contribution is 6.16. The van der Waals surface area contributed by atoms with Gasteiger partial charge in [-0.05, 0) is 18.2 Å². The third-order valence-corrected chi connectivity index (χ3v) is 2.94. The summed E-state index contributed by atoms with van der Waals surface area (Å²) in [6.07, 6.45) is 3.26. The summed E-state index contributed by atoms with van der Waals surface area (Å²) < 4.78 is 20.1. The predicted octanol–water partition coefficient (Wildman–Crippen LogP) is 2.86. The summed E-state index contributed by atoms with van der Waals surface area (Å²) in [7, 11) is 0. The molecule has 1 aromatic carbocycles. The van der Waals surface area contributed by atoms with Crippen molar-refractivity contribution < 1.29 is 8.81 Å². The van der Waals surface area contributed by atoms with Crippen LogP contribution in [0.15, 0.2) is 41.1 Å². The molecule has 0 bridgehead atoms. The Hall–Kier alpha value is -2.21. The molecule has 3 aromatic rings. The fourth-order valence-corrected chi connectivity index (χ4v) is 1.90. The second-order valence-corrected chi connectivity index (χ2v) is 4.46. The van der Waals surface area contributed by atoms with E-state index in [1.807, 2.05) is 0 Å². The molecule has 0 spiro atoms. The lowest BCUT2D eigenvalue weighted by Gasteiger charge is -1.95. The molecule has 0 N–H and O–H groups in total. The van der Waals surface area contributed by atoms with Crippen LogP contribution in [0.5, 0.6) is 0 Å². The van der Waals surface area contributed by atoms with Gasteiger partial charge in [0.15, 0.2) is 0 Å². The van der Waals surface area contributed by atoms with Crippen LogP contribution >= 0.6 is 11.6 Å². The Labute approximate surface area is 119 Å². The molecule has 0 fully saturated rings. The molecule has 0 atom stereocenters. The average Bonchev–Trinajstić information content (AvgIpc) is 3.08. The number of benzene rings is 1. The molecule has 2 heterocycles. The Bertz CT molecular complexity index is 724. The fraction of sp³-hybridized carbons (Fsp3) is 0.154. The van der Waals surface area contributed by atoms with Crippen LogP contribution in [-0.2, 0) is 12.4 Å². The third-order valence-electron chi connectivity index (χ3n) is 2.67. The summed E-state index contributed by atoms with van der Waals surface area (Å²) in [5.41, 5.74) is 1.96. The Morgan fingerprint density at radius 2 is 2.20 bits per heavy atom. The van der Waals surface area contributed by atoms with Gasteiger partial charge in [-0.1, -0.05) is 11.3 Å². The first kappa shape index (κ1) is 12.8. The van der Waals surface area contributed by atoms with Gasteiger partial charge in [0.05, 0.1) is 24.3 Å². The molecule has 20 heavy (non-hydrogen) atoms. The van der Waals surface area contributed by atoms with Crippen LogP contribution in [0.3, 0.4) is 0 Å². The second kappa shape index (κ2) is 5.42. The minimum absolute atomic E-state index is 0.313. The zero-order valence-electron chi connectivity index (χ0n) is 10.3. The number of alkyl halides is 1. The first-order valence-electron chi connectivity index (χ1n) is 5.90. The van der Waals surface area contributed by atoms with E-state index in [-0.39, 0.29) is 5.82 Å². The van der Waals surface area contributed by atoms with Crippen molar-refractivity contribution in [3.63, 3.8) is 0 Å². The Morgan fingerprint density at radius 3 is 2.95 bits per heavy atom. The number of hydrogen-bond acceptors (Lipinski definition) is 4. The van der Waals surface area contributed by atoms with Gasteiger partial charge in [0.2, 0.25) is 5.89 Å². The third kappa shape index (κ3) is 2.70. The van der Waals surface area contributed by atoms with Gasteiger partial charge in [-0.25, -0.2) is 14.1 Å². The molecular formula is C13H10ClFN4O. The molecule has 5 nitrogen and oxygen atoms in total. The van der Waals surface area contributed by atoms with Gasteiger partial charge in [0.25, 0.3) is 0 Å². The molecule has 102 valence electrons. The summed E-state index contributed by atoms with van der Waals surface area (Å²) in [4.78, 5) is 4.30. The van der Waals surface area contributed by atoms with Crippen molar-refractivity contribution in [1.82, 2.24) is 20.0 Å². The van der Waals surface area contributed by atoms with E-state index in [9.17, 15) is 4.39 Å². The van der Waals surface area contributed by atoms with E-state index < -0.39 is 0 Å². The Morgan fingerprint density at radius 1 is 1.30 bits per heavy atom. The number of halogens is 2. The summed E-state index contributed by atoms with van der Waals surface area (Å²) in [6.45, 7) is 0.419. The molecule has 0 saturated carbocycles. The second-order valence-electron chi connectivity index (χ2n) is 4.20. The standard InChI is InChI=1S/C13H10ClFN4O/c14-5-11-6-19(18-17-11)7-12-8-20-13(16-12)9-2-1-3-10(15)4-9/h1-4,6,8H,5,7H2. The SMILES string of the molecule is Fc1cccc(-c2nc(Cn3cc(CCl)nn3)co2)c1. The largest absolute Gasteiger partial charge is 0.444 e. The zero-order valence-corrected chi connectivity index (χ0v) is 11.1. The highest BCUT2D eigenvalue weighted by Gasteiger charge is 2.09. The predicted molar refractivity (Wildman–Crippen MR) is 70.6 cm³/mol. The first-order valence-corrected chi connectivity index (χ1v) is 6.43. The average molecular weight is 293 g/mol. The molecule has 0 amide bonds. The van der Waals surface area contributed by atoms with Crippen molar-refractivity contribution in [3.05, 3.63) is 53.9 Å². The smallest absolute Gasteiger partial charge is 0.226 e. The van der Waals surface area contributed by atoms with E-state index in [1.54, 1.807) is 23.0 Å². The van der Waals surface area contributed by atoms with Gasteiger partial charge >= 0.3 is 0 Å². The molecule has 7 heteroatoms. The van der Waals surface area contributed by atoms with Crippen LogP contribution in [0.1, 0.15) is 11.4 Å². The van der Waals surface area contributed by atoms with Crippen LogP contribution in [0.2, 0.25) is 0 Å². The fourth-order valence-electron chi connectivity index (χ4n) is 1.78. The lowest BCUT2D eigenvalue weighted by molar-refractivity contribution is 0.566. The molecule has 0 aliphatic rings. The maximum atomic E-state index is 13.1. The van der Waals surface area contributed by atoms with Crippen molar-refractivity contribution in [2.45, 2.75) is 12.4 Å². The summed E-state index contributed by atoms with van der Waals surface area (Å²) in [5.74, 6) is 0.357. The van der Waals surface area contributed by atoms with E-state index in [1.165, 1.54) is 18.4 Å². The zero-order chi connectivity index (χ0) is 13.9. The van der Waals surface area contributed by atoms with Gasteiger partial charge in [-0.2, -0.15) is 0 Å². The van der Waals surface area contributed by atoms with Gasteiger partial charge in [-0.15, -0.1) is 16.7 Å². The molecule has 2 aromatic heterocycles. The van der Waals surface area contributed by atoms with Crippen molar-refractivity contribution in [3.8, 4) is 11.5 Å². The van der Waals surface area contributed by atoms with E-state index >= 15 is 0 Å². The molecule has 0 aliphatic heterocycles. The monoisotopic (exact) mass is 292 g/mol. The normalized spacial score (nSPS) is 10.9. The van der Waals surface area contributed by atoms with Crippen LogP contribution in [0, 0.1) is 5.82 Å². The highest BCUT2D eigenvalue weighted by atomic mass is 35.5. The molecular weight excluding hydrogens is 283 g/mol. The van der Waals surface area contributed by atoms with E-state index in [4.69, 9.17) is 16.0 Å². The maximum absolute atomic E-state index is 13.1. The van der Waals surface area contributed by atoms with Gasteiger partial charge in [0.1, 0.15) is 17.8 Å². The lowest BCUT2D eigenvalue weighted by atomic mass is 10.2. The minimum Gasteiger partial charge on any atom is -0.444 e. The number of aromatic nitrogens is 4. The van der Waals surface area contributed by atoms with Crippen molar-refractivity contribution in [2.24, 2.45) is 0 Å². The molecule has 0 radical (unpaired) electrons. The van der Waals surface area contributed by atoms with Crippen molar-refractivity contribution >= 4 is 11.6 Å². The number of hydrogen-bond donors (Lipinski definition) is 0. The number of rotatable bonds is 4. The van der Waals surface area contributed by atoms with E-state index in [2.05, 4.69) is 15.3 Å². The van der Waals surface area contributed by atoms with Crippen LogP contribution in [0.25, 0.3) is 11.5 Å². The quantitative estimate of drug-likeness (QED) is 0.694. The van der Waals surface area contributed by atoms with Gasteiger partial charge in [0, 0.05) is 5.56 Å². The van der Waals surface area contributed by atoms with Crippen LogP contribution in [0.4, 0.5) is 4.39 Å². The van der Waals surface area contributed by atoms with Crippen molar-refractivity contribution in [1.29, 1.82) is 0 Å². The molecule has 0 saturated heterocycles. The highest BCUT2D eigenvalue weighted by Crippen LogP contribution is 2.19.